The highest BCUT2D eigenvalue weighted by Gasteiger charge is 2.15. The van der Waals surface area contributed by atoms with Crippen molar-refractivity contribution >= 4 is 5.97 Å². The smallest absolute Gasteiger partial charge is 0.339 e. The lowest BCUT2D eigenvalue weighted by molar-refractivity contribution is 0.0695. The first-order valence-corrected chi connectivity index (χ1v) is 5.94. The molecule has 20 heavy (non-hydrogen) atoms. The molecule has 0 saturated carbocycles. The van der Waals surface area contributed by atoms with Crippen LogP contribution in [-0.4, -0.2) is 20.9 Å². The fourth-order valence-corrected chi connectivity index (χ4v) is 1.89. The van der Waals surface area contributed by atoms with Crippen molar-refractivity contribution in [3.63, 3.8) is 0 Å². The van der Waals surface area contributed by atoms with Crippen molar-refractivity contribution in [1.82, 2.24) is 9.78 Å². The molecule has 2 aromatic rings. The van der Waals surface area contributed by atoms with Crippen LogP contribution in [0.1, 0.15) is 33.0 Å². The number of furan rings is 1. The number of carboxylic acids is 1. The van der Waals surface area contributed by atoms with Gasteiger partial charge in [0.05, 0.1) is 0 Å². The SMILES string of the molecule is Cc1oc(Cn2[nH]c(=O)c(C)c(C)c2=O)cc1C(=O)O. The van der Waals surface area contributed by atoms with E-state index in [-0.39, 0.29) is 29.0 Å². The predicted molar refractivity (Wildman–Crippen MR) is 70.3 cm³/mol. The molecule has 0 spiro atoms. The van der Waals surface area contributed by atoms with E-state index in [4.69, 9.17) is 9.52 Å². The molecule has 0 fully saturated rings. The quantitative estimate of drug-likeness (QED) is 0.864. The Morgan fingerprint density at radius 2 is 1.95 bits per heavy atom. The second kappa shape index (κ2) is 4.84. The first kappa shape index (κ1) is 13.9. The van der Waals surface area contributed by atoms with Gasteiger partial charge >= 0.3 is 5.97 Å². The van der Waals surface area contributed by atoms with Gasteiger partial charge in [-0.25, -0.2) is 9.48 Å². The van der Waals surface area contributed by atoms with Crippen LogP contribution in [0.3, 0.4) is 0 Å². The standard InChI is InChI=1S/C13H14N2O5/c1-6-7(2)12(17)15(14-11(6)16)5-9-4-10(13(18)19)8(3)20-9/h4H,5H2,1-3H3,(H,14,16)(H,18,19). The Morgan fingerprint density at radius 3 is 2.50 bits per heavy atom. The minimum absolute atomic E-state index is 0.0245. The first-order valence-electron chi connectivity index (χ1n) is 5.94. The summed E-state index contributed by atoms with van der Waals surface area (Å²) in [5.74, 6) is -0.550. The number of aryl methyl sites for hydroxylation is 1. The highest BCUT2D eigenvalue weighted by Crippen LogP contribution is 2.14. The largest absolute Gasteiger partial charge is 0.478 e. The second-order valence-corrected chi connectivity index (χ2v) is 4.57. The molecule has 0 bridgehead atoms. The Morgan fingerprint density at radius 1 is 1.30 bits per heavy atom. The van der Waals surface area contributed by atoms with Gasteiger partial charge < -0.3 is 9.52 Å². The average molecular weight is 278 g/mol. The molecular formula is C13H14N2O5. The fraction of sp³-hybridized carbons (Fsp3) is 0.308. The molecule has 0 aliphatic heterocycles. The predicted octanol–water partition coefficient (Wildman–Crippen LogP) is 0.801. The molecule has 106 valence electrons. The lowest BCUT2D eigenvalue weighted by Crippen LogP contribution is -2.33. The van der Waals surface area contributed by atoms with Gasteiger partial charge in [-0.1, -0.05) is 0 Å². The number of hydrogen-bond acceptors (Lipinski definition) is 4. The topological polar surface area (TPSA) is 105 Å². The second-order valence-electron chi connectivity index (χ2n) is 4.57. The number of nitrogens with one attached hydrogen (secondary N) is 1. The summed E-state index contributed by atoms with van der Waals surface area (Å²) in [6.07, 6.45) is 0. The Labute approximate surface area is 113 Å². The monoisotopic (exact) mass is 278 g/mol. The molecule has 0 aliphatic rings. The zero-order valence-corrected chi connectivity index (χ0v) is 11.3. The lowest BCUT2D eigenvalue weighted by Gasteiger charge is -2.06. The third-order valence-electron chi connectivity index (χ3n) is 3.22. The van der Waals surface area contributed by atoms with E-state index in [0.29, 0.717) is 16.9 Å². The van der Waals surface area contributed by atoms with Crippen LogP contribution < -0.4 is 11.1 Å². The average Bonchev–Trinajstić information content (AvgIpc) is 2.74. The Kier molecular flexibility index (Phi) is 3.35. The zero-order chi connectivity index (χ0) is 15.0. The van der Waals surface area contributed by atoms with Crippen LogP contribution in [0, 0.1) is 20.8 Å². The molecule has 0 saturated heterocycles. The van der Waals surface area contributed by atoms with Crippen molar-refractivity contribution in [2.24, 2.45) is 0 Å². The van der Waals surface area contributed by atoms with E-state index in [9.17, 15) is 14.4 Å². The molecule has 0 aliphatic carbocycles. The van der Waals surface area contributed by atoms with Gasteiger partial charge in [-0.3, -0.25) is 14.7 Å². The van der Waals surface area contributed by atoms with Crippen LogP contribution in [-0.2, 0) is 6.54 Å². The van der Waals surface area contributed by atoms with E-state index in [1.165, 1.54) is 13.0 Å². The number of carboxylic acid groups (broad SMARTS) is 1. The Bertz CT molecular complexity index is 794. The number of hydrogen-bond donors (Lipinski definition) is 2. The molecule has 7 heteroatoms. The Hall–Kier alpha value is -2.57. The molecule has 0 radical (unpaired) electrons. The summed E-state index contributed by atoms with van der Waals surface area (Å²) in [5, 5.41) is 11.4. The fourth-order valence-electron chi connectivity index (χ4n) is 1.89. The van der Waals surface area contributed by atoms with Crippen LogP contribution in [0.5, 0.6) is 0 Å². The van der Waals surface area contributed by atoms with Gasteiger partial charge in [0.15, 0.2) is 0 Å². The summed E-state index contributed by atoms with van der Waals surface area (Å²) in [6, 6.07) is 1.34. The maximum absolute atomic E-state index is 12.0. The minimum atomic E-state index is -1.10. The first-order chi connectivity index (χ1) is 9.31. The van der Waals surface area contributed by atoms with Crippen LogP contribution in [0.15, 0.2) is 20.1 Å². The molecule has 2 rings (SSSR count). The summed E-state index contributed by atoms with van der Waals surface area (Å²) in [6.45, 7) is 4.64. The van der Waals surface area contributed by atoms with Crippen molar-refractivity contribution in [3.8, 4) is 0 Å². The Balaban J connectivity index is 2.46. The van der Waals surface area contributed by atoms with E-state index >= 15 is 0 Å². The summed E-state index contributed by atoms with van der Waals surface area (Å²) >= 11 is 0. The van der Waals surface area contributed by atoms with E-state index in [1.807, 2.05) is 0 Å². The van der Waals surface area contributed by atoms with Gasteiger partial charge in [-0.2, -0.15) is 0 Å². The summed E-state index contributed by atoms with van der Waals surface area (Å²) in [4.78, 5) is 34.6. The van der Waals surface area contributed by atoms with Crippen LogP contribution in [0.4, 0.5) is 0 Å². The summed E-state index contributed by atoms with van der Waals surface area (Å²) < 4.78 is 6.39. The van der Waals surface area contributed by atoms with Gasteiger partial charge in [-0.15, -0.1) is 0 Å². The van der Waals surface area contributed by atoms with Crippen molar-refractivity contribution < 1.29 is 14.3 Å². The maximum Gasteiger partial charge on any atom is 0.339 e. The van der Waals surface area contributed by atoms with E-state index in [0.717, 1.165) is 4.68 Å². The molecule has 2 heterocycles. The van der Waals surface area contributed by atoms with Gasteiger partial charge in [0.1, 0.15) is 23.6 Å². The van der Waals surface area contributed by atoms with Crippen LogP contribution >= 0.6 is 0 Å². The van der Waals surface area contributed by atoms with Crippen LogP contribution in [0.25, 0.3) is 0 Å². The number of carbonyl (C=O) groups is 1. The molecule has 0 amide bonds. The highest BCUT2D eigenvalue weighted by molar-refractivity contribution is 5.88. The molecule has 2 N–H and O–H groups in total. The molecule has 7 nitrogen and oxygen atoms in total. The van der Waals surface area contributed by atoms with Crippen LogP contribution in [0.2, 0.25) is 0 Å². The minimum Gasteiger partial charge on any atom is -0.478 e. The van der Waals surface area contributed by atoms with Crippen molar-refractivity contribution in [2.45, 2.75) is 27.3 Å². The van der Waals surface area contributed by atoms with Gasteiger partial charge in [0.2, 0.25) is 0 Å². The number of aromatic amines is 1. The number of nitrogens with zero attached hydrogens (tertiary/aromatic N) is 1. The van der Waals surface area contributed by atoms with Gasteiger partial charge in [0.25, 0.3) is 11.1 Å². The molecule has 2 aromatic heterocycles. The van der Waals surface area contributed by atoms with Gasteiger partial charge in [-0.05, 0) is 26.8 Å². The number of rotatable bonds is 3. The number of aromatic nitrogens is 2. The molecule has 0 aromatic carbocycles. The third-order valence-corrected chi connectivity index (χ3v) is 3.22. The summed E-state index contributed by atoms with van der Waals surface area (Å²) in [7, 11) is 0. The zero-order valence-electron chi connectivity index (χ0n) is 11.3. The number of aromatic carboxylic acids is 1. The number of H-pyrrole nitrogens is 1. The van der Waals surface area contributed by atoms with E-state index in [2.05, 4.69) is 5.10 Å². The summed E-state index contributed by atoms with van der Waals surface area (Å²) in [5.41, 5.74) is 0.0691. The van der Waals surface area contributed by atoms with Gasteiger partial charge in [0, 0.05) is 11.1 Å². The van der Waals surface area contributed by atoms with Crippen molar-refractivity contribution in [1.29, 1.82) is 0 Å². The van der Waals surface area contributed by atoms with E-state index < -0.39 is 5.97 Å². The molecule has 0 atom stereocenters. The molecule has 0 unspecified atom stereocenters. The van der Waals surface area contributed by atoms with E-state index in [1.54, 1.807) is 13.8 Å². The lowest BCUT2D eigenvalue weighted by atomic mass is 10.2. The van der Waals surface area contributed by atoms with Crippen molar-refractivity contribution in [2.75, 3.05) is 0 Å². The van der Waals surface area contributed by atoms with Crippen molar-refractivity contribution in [3.05, 3.63) is 55.0 Å². The normalized spacial score (nSPS) is 10.8. The molecular weight excluding hydrogens is 264 g/mol. The third kappa shape index (κ3) is 2.29. The highest BCUT2D eigenvalue weighted by atomic mass is 16.4. The maximum atomic E-state index is 12.0.